The maximum Gasteiger partial charge on any atom is 0.326 e. The third kappa shape index (κ3) is 8.28. The SMILES string of the molecule is CSCCC(N)C(=O)NC(CCC(N)=O)C(=O)NCC(=O)N1CCCC1C(=O)O. The molecule has 0 spiro atoms. The summed E-state index contributed by atoms with van der Waals surface area (Å²) in [6.07, 6.45) is 3.04. The number of nitrogens with one attached hydrogen (secondary N) is 2. The van der Waals surface area contributed by atoms with E-state index >= 15 is 0 Å². The molecule has 1 heterocycles. The molecular formula is C17H29N5O6S. The fourth-order valence-corrected chi connectivity index (χ4v) is 3.41. The van der Waals surface area contributed by atoms with E-state index in [9.17, 15) is 24.0 Å². The third-order valence-corrected chi connectivity index (χ3v) is 5.20. The fourth-order valence-electron chi connectivity index (χ4n) is 2.92. The van der Waals surface area contributed by atoms with Gasteiger partial charge in [-0.25, -0.2) is 4.79 Å². The van der Waals surface area contributed by atoms with Crippen LogP contribution in [0.4, 0.5) is 0 Å². The Morgan fingerprint density at radius 3 is 2.48 bits per heavy atom. The minimum absolute atomic E-state index is 0.0438. The lowest BCUT2D eigenvalue weighted by Gasteiger charge is -2.23. The molecule has 1 saturated heterocycles. The summed E-state index contributed by atoms with van der Waals surface area (Å²) in [5, 5.41) is 14.0. The lowest BCUT2D eigenvalue weighted by atomic mass is 10.1. The van der Waals surface area contributed by atoms with Gasteiger partial charge in [-0.3, -0.25) is 19.2 Å². The van der Waals surface area contributed by atoms with Crippen molar-refractivity contribution in [3.8, 4) is 0 Å². The van der Waals surface area contributed by atoms with E-state index in [0.717, 1.165) is 0 Å². The second-order valence-corrected chi connectivity index (χ2v) is 7.74. The average Bonchev–Trinajstić information content (AvgIpc) is 3.17. The number of hydrogen-bond acceptors (Lipinski definition) is 7. The number of carbonyl (C=O) groups excluding carboxylic acids is 4. The molecule has 164 valence electrons. The highest BCUT2D eigenvalue weighted by atomic mass is 32.2. The van der Waals surface area contributed by atoms with Crippen LogP contribution in [-0.2, 0) is 24.0 Å². The molecule has 0 aliphatic carbocycles. The second-order valence-electron chi connectivity index (χ2n) is 6.76. The number of hydrogen-bond donors (Lipinski definition) is 5. The highest BCUT2D eigenvalue weighted by molar-refractivity contribution is 7.98. The fraction of sp³-hybridized carbons (Fsp3) is 0.706. The monoisotopic (exact) mass is 431 g/mol. The largest absolute Gasteiger partial charge is 0.480 e. The Kier molecular flexibility index (Phi) is 10.5. The average molecular weight is 432 g/mol. The Morgan fingerprint density at radius 1 is 1.21 bits per heavy atom. The van der Waals surface area contributed by atoms with Crippen molar-refractivity contribution < 1.29 is 29.1 Å². The molecule has 0 aromatic carbocycles. The van der Waals surface area contributed by atoms with Gasteiger partial charge in [0.05, 0.1) is 12.6 Å². The van der Waals surface area contributed by atoms with Gasteiger partial charge in [0.25, 0.3) is 0 Å². The number of rotatable bonds is 12. The summed E-state index contributed by atoms with van der Waals surface area (Å²) in [5.74, 6) is -2.80. The van der Waals surface area contributed by atoms with E-state index in [-0.39, 0.29) is 12.8 Å². The summed E-state index contributed by atoms with van der Waals surface area (Å²) >= 11 is 1.53. The minimum atomic E-state index is -1.09. The highest BCUT2D eigenvalue weighted by Crippen LogP contribution is 2.17. The van der Waals surface area contributed by atoms with Crippen LogP contribution >= 0.6 is 11.8 Å². The van der Waals surface area contributed by atoms with E-state index in [1.165, 1.54) is 16.7 Å². The first-order valence-corrected chi connectivity index (χ1v) is 10.7. The molecule has 1 fully saturated rings. The van der Waals surface area contributed by atoms with Gasteiger partial charge in [-0.1, -0.05) is 0 Å². The zero-order valence-corrected chi connectivity index (χ0v) is 17.2. The molecule has 3 unspecified atom stereocenters. The minimum Gasteiger partial charge on any atom is -0.480 e. The van der Waals surface area contributed by atoms with Crippen LogP contribution in [0.15, 0.2) is 0 Å². The zero-order chi connectivity index (χ0) is 22.0. The molecule has 4 amide bonds. The highest BCUT2D eigenvalue weighted by Gasteiger charge is 2.34. The standard InChI is InChI=1S/C17H29N5O6S/c1-29-8-6-10(18)15(25)21-11(4-5-13(19)23)16(26)20-9-14(24)22-7-2-3-12(22)17(27)28/h10-12H,2-9,18H2,1H3,(H2,19,23)(H,20,26)(H,21,25)(H,27,28). The lowest BCUT2D eigenvalue weighted by Crippen LogP contribution is -2.53. The van der Waals surface area contributed by atoms with Crippen molar-refractivity contribution in [3.63, 3.8) is 0 Å². The lowest BCUT2D eigenvalue weighted by molar-refractivity contribution is -0.148. The molecule has 1 rings (SSSR count). The summed E-state index contributed by atoms with van der Waals surface area (Å²) in [6, 6.07) is -2.80. The number of primary amides is 1. The van der Waals surface area contributed by atoms with Gasteiger partial charge in [-0.15, -0.1) is 0 Å². The Bertz CT molecular complexity index is 631. The number of likely N-dealkylation sites (tertiary alicyclic amines) is 1. The van der Waals surface area contributed by atoms with Gasteiger partial charge in [-0.05, 0) is 37.7 Å². The summed E-state index contributed by atoms with van der Waals surface area (Å²) < 4.78 is 0. The molecule has 12 heteroatoms. The van der Waals surface area contributed by atoms with Crippen molar-refractivity contribution >= 4 is 41.4 Å². The van der Waals surface area contributed by atoms with Crippen molar-refractivity contribution in [2.45, 2.75) is 50.2 Å². The number of carbonyl (C=O) groups is 5. The molecule has 3 atom stereocenters. The number of carboxylic acids is 1. The molecular weight excluding hydrogens is 402 g/mol. The first kappa shape index (κ1) is 24.7. The second kappa shape index (κ2) is 12.3. The summed E-state index contributed by atoms with van der Waals surface area (Å²) in [6.45, 7) is -0.109. The number of thioether (sulfide) groups is 1. The molecule has 1 aliphatic rings. The number of nitrogens with two attached hydrogens (primary N) is 2. The van der Waals surface area contributed by atoms with Crippen LogP contribution in [0, 0.1) is 0 Å². The van der Waals surface area contributed by atoms with Crippen molar-refractivity contribution in [2.75, 3.05) is 25.1 Å². The Balaban J connectivity index is 2.66. The van der Waals surface area contributed by atoms with Crippen molar-refractivity contribution in [1.82, 2.24) is 15.5 Å². The Hall–Kier alpha value is -2.34. The maximum absolute atomic E-state index is 12.5. The van der Waals surface area contributed by atoms with E-state index in [4.69, 9.17) is 16.6 Å². The molecule has 7 N–H and O–H groups in total. The van der Waals surface area contributed by atoms with Gasteiger partial charge in [0.1, 0.15) is 12.1 Å². The molecule has 0 aromatic rings. The van der Waals surface area contributed by atoms with Crippen LogP contribution in [0.25, 0.3) is 0 Å². The molecule has 0 saturated carbocycles. The van der Waals surface area contributed by atoms with Crippen LogP contribution in [0.5, 0.6) is 0 Å². The maximum atomic E-state index is 12.5. The molecule has 1 aliphatic heterocycles. The van der Waals surface area contributed by atoms with Crippen LogP contribution in [0.3, 0.4) is 0 Å². The predicted octanol–water partition coefficient (Wildman–Crippen LogP) is -1.99. The van der Waals surface area contributed by atoms with Crippen LogP contribution in [0.1, 0.15) is 32.1 Å². The van der Waals surface area contributed by atoms with E-state index in [1.54, 1.807) is 0 Å². The van der Waals surface area contributed by atoms with Crippen molar-refractivity contribution in [3.05, 3.63) is 0 Å². The number of aliphatic carboxylic acids is 1. The van der Waals surface area contributed by atoms with Crippen LogP contribution < -0.4 is 22.1 Å². The number of nitrogens with zero attached hydrogens (tertiary/aromatic N) is 1. The molecule has 29 heavy (non-hydrogen) atoms. The normalized spacial score (nSPS) is 18.0. The number of carboxylic acid groups (broad SMARTS) is 1. The van der Waals surface area contributed by atoms with Crippen molar-refractivity contribution in [2.24, 2.45) is 11.5 Å². The smallest absolute Gasteiger partial charge is 0.326 e. The zero-order valence-electron chi connectivity index (χ0n) is 16.4. The third-order valence-electron chi connectivity index (χ3n) is 4.55. The topological polar surface area (TPSA) is 185 Å². The predicted molar refractivity (Wildman–Crippen MR) is 107 cm³/mol. The van der Waals surface area contributed by atoms with Gasteiger partial charge in [-0.2, -0.15) is 11.8 Å². The first-order valence-electron chi connectivity index (χ1n) is 9.30. The number of amides is 4. The van der Waals surface area contributed by atoms with Gasteiger partial charge in [0.15, 0.2) is 0 Å². The van der Waals surface area contributed by atoms with Gasteiger partial charge in [0.2, 0.25) is 23.6 Å². The molecule has 0 aromatic heterocycles. The van der Waals surface area contributed by atoms with Crippen LogP contribution in [0.2, 0.25) is 0 Å². The van der Waals surface area contributed by atoms with Crippen molar-refractivity contribution in [1.29, 1.82) is 0 Å². The van der Waals surface area contributed by atoms with E-state index in [2.05, 4.69) is 10.6 Å². The molecule has 11 nitrogen and oxygen atoms in total. The van der Waals surface area contributed by atoms with Gasteiger partial charge < -0.3 is 32.1 Å². The Labute approximate surface area is 173 Å². The molecule has 0 bridgehead atoms. The first-order chi connectivity index (χ1) is 13.7. The van der Waals surface area contributed by atoms with E-state index in [0.29, 0.717) is 31.6 Å². The van der Waals surface area contributed by atoms with Gasteiger partial charge in [0, 0.05) is 13.0 Å². The summed E-state index contributed by atoms with van der Waals surface area (Å²) in [7, 11) is 0. The Morgan fingerprint density at radius 2 is 1.90 bits per heavy atom. The quantitative estimate of drug-likeness (QED) is 0.235. The summed E-state index contributed by atoms with van der Waals surface area (Å²) in [4.78, 5) is 60.4. The van der Waals surface area contributed by atoms with Crippen LogP contribution in [-0.4, -0.2) is 82.8 Å². The van der Waals surface area contributed by atoms with E-state index < -0.39 is 54.3 Å². The summed E-state index contributed by atoms with van der Waals surface area (Å²) in [5.41, 5.74) is 10.9. The van der Waals surface area contributed by atoms with E-state index in [1.807, 2.05) is 6.26 Å². The molecule has 0 radical (unpaired) electrons. The van der Waals surface area contributed by atoms with Gasteiger partial charge >= 0.3 is 5.97 Å².